The number of morpholine rings is 1. The van der Waals surface area contributed by atoms with E-state index in [0.717, 1.165) is 29.9 Å². The molecule has 0 bridgehead atoms. The zero-order chi connectivity index (χ0) is 24.0. The SMILES string of the molecule is Cc1ccc(C(CN2CCOCC2)NC(=O)c2cn(-c3ccccc3)nc2-c2cccnc2)cc1. The van der Waals surface area contributed by atoms with Crippen LogP contribution in [-0.2, 0) is 4.74 Å². The number of hydrogen-bond acceptors (Lipinski definition) is 5. The van der Waals surface area contributed by atoms with Gasteiger partial charge in [0.15, 0.2) is 0 Å². The van der Waals surface area contributed by atoms with E-state index in [1.54, 1.807) is 23.3 Å². The Kier molecular flexibility index (Phi) is 6.97. The second kappa shape index (κ2) is 10.6. The van der Waals surface area contributed by atoms with E-state index in [9.17, 15) is 4.79 Å². The standard InChI is InChI=1S/C28H29N5O2/c1-21-9-11-22(12-10-21)26(20-32-14-16-35-17-15-32)30-28(34)25-19-33(24-7-3-2-4-8-24)31-27(25)23-6-5-13-29-18-23/h2-13,18-19,26H,14-17,20H2,1H3,(H,30,34). The average Bonchev–Trinajstić information content (AvgIpc) is 3.36. The molecule has 1 aliphatic rings. The zero-order valence-corrected chi connectivity index (χ0v) is 19.8. The van der Waals surface area contributed by atoms with E-state index in [1.807, 2.05) is 42.5 Å². The Hall–Kier alpha value is -3.81. The van der Waals surface area contributed by atoms with E-state index in [0.29, 0.717) is 31.0 Å². The van der Waals surface area contributed by atoms with Gasteiger partial charge in [-0.05, 0) is 36.8 Å². The predicted molar refractivity (Wildman–Crippen MR) is 135 cm³/mol. The molecule has 0 spiro atoms. The maximum absolute atomic E-state index is 13.7. The monoisotopic (exact) mass is 467 g/mol. The lowest BCUT2D eigenvalue weighted by atomic mass is 10.0. The number of aryl methyl sites for hydroxylation is 1. The predicted octanol–water partition coefficient (Wildman–Crippen LogP) is 4.05. The molecule has 2 aromatic carbocycles. The van der Waals surface area contributed by atoms with Crippen LogP contribution >= 0.6 is 0 Å². The quantitative estimate of drug-likeness (QED) is 0.444. The van der Waals surface area contributed by atoms with Crippen molar-refractivity contribution < 1.29 is 9.53 Å². The van der Waals surface area contributed by atoms with Gasteiger partial charge in [-0.15, -0.1) is 0 Å². The molecule has 0 saturated carbocycles. The minimum atomic E-state index is -0.164. The molecule has 7 nitrogen and oxygen atoms in total. The topological polar surface area (TPSA) is 72.3 Å². The molecule has 5 rings (SSSR count). The number of amides is 1. The van der Waals surface area contributed by atoms with Crippen LogP contribution in [0.25, 0.3) is 16.9 Å². The summed E-state index contributed by atoms with van der Waals surface area (Å²) in [6.45, 7) is 5.91. The highest BCUT2D eigenvalue weighted by Crippen LogP contribution is 2.25. The lowest BCUT2D eigenvalue weighted by molar-refractivity contribution is 0.0332. The fraction of sp³-hybridized carbons (Fsp3) is 0.250. The zero-order valence-electron chi connectivity index (χ0n) is 19.8. The molecule has 178 valence electrons. The lowest BCUT2D eigenvalue weighted by Crippen LogP contribution is -2.43. The number of carbonyl (C=O) groups is 1. The van der Waals surface area contributed by atoms with Crippen molar-refractivity contribution in [3.05, 3.63) is 102 Å². The fourth-order valence-electron chi connectivity index (χ4n) is 4.28. The first-order valence-corrected chi connectivity index (χ1v) is 11.9. The summed E-state index contributed by atoms with van der Waals surface area (Å²) in [6, 6.07) is 21.8. The van der Waals surface area contributed by atoms with Crippen molar-refractivity contribution in [2.75, 3.05) is 32.8 Å². The third kappa shape index (κ3) is 5.48. The van der Waals surface area contributed by atoms with Crippen LogP contribution in [0.4, 0.5) is 0 Å². The second-order valence-electron chi connectivity index (χ2n) is 8.76. The molecule has 1 unspecified atom stereocenters. The van der Waals surface area contributed by atoms with Crippen LogP contribution in [0.1, 0.15) is 27.5 Å². The molecule has 1 aliphatic heterocycles. The molecule has 35 heavy (non-hydrogen) atoms. The van der Waals surface area contributed by atoms with E-state index in [2.05, 4.69) is 46.4 Å². The summed E-state index contributed by atoms with van der Waals surface area (Å²) in [4.78, 5) is 20.3. The van der Waals surface area contributed by atoms with E-state index < -0.39 is 0 Å². The Morgan fingerprint density at radius 2 is 1.80 bits per heavy atom. The van der Waals surface area contributed by atoms with Gasteiger partial charge in [0, 0.05) is 43.8 Å². The molecular weight excluding hydrogens is 438 g/mol. The summed E-state index contributed by atoms with van der Waals surface area (Å²) in [5.41, 5.74) is 5.07. The summed E-state index contributed by atoms with van der Waals surface area (Å²) in [5.74, 6) is -0.162. The molecule has 1 fully saturated rings. The van der Waals surface area contributed by atoms with Crippen molar-refractivity contribution in [2.24, 2.45) is 0 Å². The van der Waals surface area contributed by atoms with Gasteiger partial charge in [-0.25, -0.2) is 4.68 Å². The molecule has 3 heterocycles. The van der Waals surface area contributed by atoms with Crippen molar-refractivity contribution in [2.45, 2.75) is 13.0 Å². The molecule has 0 aliphatic carbocycles. The van der Waals surface area contributed by atoms with Gasteiger partial charge in [-0.3, -0.25) is 14.7 Å². The van der Waals surface area contributed by atoms with Crippen LogP contribution in [0.3, 0.4) is 0 Å². The number of carbonyl (C=O) groups excluding carboxylic acids is 1. The van der Waals surface area contributed by atoms with Crippen LogP contribution < -0.4 is 5.32 Å². The Morgan fingerprint density at radius 3 is 2.51 bits per heavy atom. The number of ether oxygens (including phenoxy) is 1. The molecule has 1 atom stereocenters. The Bertz CT molecular complexity index is 1250. The molecule has 7 heteroatoms. The number of nitrogens with one attached hydrogen (secondary N) is 1. The number of rotatable bonds is 7. The van der Waals surface area contributed by atoms with E-state index in [-0.39, 0.29) is 11.9 Å². The summed E-state index contributed by atoms with van der Waals surface area (Å²) in [6.07, 6.45) is 5.25. The molecule has 2 aromatic heterocycles. The third-order valence-electron chi connectivity index (χ3n) is 6.24. The van der Waals surface area contributed by atoms with Crippen LogP contribution in [-0.4, -0.2) is 58.4 Å². The van der Waals surface area contributed by atoms with Gasteiger partial charge in [0.25, 0.3) is 5.91 Å². The van der Waals surface area contributed by atoms with Gasteiger partial charge in [0.05, 0.1) is 30.5 Å². The van der Waals surface area contributed by atoms with E-state index >= 15 is 0 Å². The van der Waals surface area contributed by atoms with E-state index in [4.69, 9.17) is 9.84 Å². The molecule has 1 N–H and O–H groups in total. The molecule has 4 aromatic rings. The highest BCUT2D eigenvalue weighted by Gasteiger charge is 2.24. The smallest absolute Gasteiger partial charge is 0.255 e. The second-order valence-corrected chi connectivity index (χ2v) is 8.76. The van der Waals surface area contributed by atoms with Gasteiger partial charge in [-0.1, -0.05) is 48.0 Å². The molecule has 1 saturated heterocycles. The van der Waals surface area contributed by atoms with Gasteiger partial charge < -0.3 is 10.1 Å². The summed E-state index contributed by atoms with van der Waals surface area (Å²) in [7, 11) is 0. The number of hydrogen-bond donors (Lipinski definition) is 1. The first-order valence-electron chi connectivity index (χ1n) is 11.9. The van der Waals surface area contributed by atoms with Gasteiger partial charge in [0.2, 0.25) is 0 Å². The molecule has 1 amide bonds. The van der Waals surface area contributed by atoms with Crippen molar-refractivity contribution in [3.63, 3.8) is 0 Å². The normalized spacial score (nSPS) is 15.0. The number of para-hydroxylation sites is 1. The van der Waals surface area contributed by atoms with Crippen LogP contribution in [0.15, 0.2) is 85.3 Å². The number of pyridine rings is 1. The minimum absolute atomic E-state index is 0.162. The maximum atomic E-state index is 13.7. The molecule has 0 radical (unpaired) electrons. The first-order chi connectivity index (χ1) is 17.2. The lowest BCUT2D eigenvalue weighted by Gasteiger charge is -2.31. The summed E-state index contributed by atoms with van der Waals surface area (Å²) in [5, 5.41) is 8.06. The Labute approximate surface area is 205 Å². The Balaban J connectivity index is 1.48. The number of aromatic nitrogens is 3. The van der Waals surface area contributed by atoms with Gasteiger partial charge in [-0.2, -0.15) is 5.10 Å². The van der Waals surface area contributed by atoms with Gasteiger partial charge >= 0.3 is 0 Å². The van der Waals surface area contributed by atoms with Crippen molar-refractivity contribution in [3.8, 4) is 16.9 Å². The largest absolute Gasteiger partial charge is 0.379 e. The fourth-order valence-corrected chi connectivity index (χ4v) is 4.28. The number of benzene rings is 2. The number of nitrogens with zero attached hydrogens (tertiary/aromatic N) is 4. The highest BCUT2D eigenvalue weighted by atomic mass is 16.5. The Morgan fingerprint density at radius 1 is 1.03 bits per heavy atom. The van der Waals surface area contributed by atoms with Crippen molar-refractivity contribution in [1.82, 2.24) is 25.0 Å². The third-order valence-corrected chi connectivity index (χ3v) is 6.24. The summed E-state index contributed by atoms with van der Waals surface area (Å²) < 4.78 is 7.27. The van der Waals surface area contributed by atoms with Crippen molar-refractivity contribution in [1.29, 1.82) is 0 Å². The first kappa shape index (κ1) is 23.0. The molecular formula is C28H29N5O2. The highest BCUT2D eigenvalue weighted by molar-refractivity contribution is 6.00. The minimum Gasteiger partial charge on any atom is -0.379 e. The summed E-state index contributed by atoms with van der Waals surface area (Å²) >= 11 is 0. The van der Waals surface area contributed by atoms with Crippen LogP contribution in [0.2, 0.25) is 0 Å². The van der Waals surface area contributed by atoms with Gasteiger partial charge in [0.1, 0.15) is 5.69 Å². The van der Waals surface area contributed by atoms with Crippen molar-refractivity contribution >= 4 is 5.91 Å². The van der Waals surface area contributed by atoms with E-state index in [1.165, 1.54) is 5.56 Å². The maximum Gasteiger partial charge on any atom is 0.255 e. The average molecular weight is 468 g/mol. The van der Waals surface area contributed by atoms with Crippen LogP contribution in [0.5, 0.6) is 0 Å². The van der Waals surface area contributed by atoms with Crippen LogP contribution in [0, 0.1) is 6.92 Å².